The summed E-state index contributed by atoms with van der Waals surface area (Å²) < 4.78 is 32.6. The van der Waals surface area contributed by atoms with Crippen LogP contribution in [-0.2, 0) is 4.79 Å². The van der Waals surface area contributed by atoms with Crippen LogP contribution in [0.1, 0.15) is 24.2 Å². The molecule has 1 atom stereocenters. The molecule has 8 heteroatoms. The minimum absolute atomic E-state index is 0.328. The molecular weight excluding hydrogens is 356 g/mol. The van der Waals surface area contributed by atoms with Crippen molar-refractivity contribution in [3.05, 3.63) is 53.6 Å². The van der Waals surface area contributed by atoms with E-state index in [2.05, 4.69) is 10.6 Å². The van der Waals surface area contributed by atoms with Gasteiger partial charge in [-0.05, 0) is 36.2 Å². The number of carbonyl (C=O) groups is 2. The lowest BCUT2D eigenvalue weighted by Crippen LogP contribution is -2.47. The molecule has 1 unspecified atom stereocenters. The standard InChI is InChI=1S/C19H21F2N3O3/c1-10(2)17(24-18(25)16-12(20)5-4-6-13(16)21)19(26)23-11-7-8-15(27-3)14(22)9-11/h4-10,17H,22H2,1-3H3,(H,23,26)(H,24,25). The zero-order valence-corrected chi connectivity index (χ0v) is 15.2. The van der Waals surface area contributed by atoms with Crippen molar-refractivity contribution in [2.75, 3.05) is 18.2 Å². The molecule has 27 heavy (non-hydrogen) atoms. The van der Waals surface area contributed by atoms with Crippen LogP contribution >= 0.6 is 0 Å². The topological polar surface area (TPSA) is 93.5 Å². The largest absolute Gasteiger partial charge is 0.495 e. The quantitative estimate of drug-likeness (QED) is 0.675. The molecule has 2 amide bonds. The van der Waals surface area contributed by atoms with Crippen molar-refractivity contribution in [3.8, 4) is 5.75 Å². The third-order valence-corrected chi connectivity index (χ3v) is 3.92. The van der Waals surface area contributed by atoms with Crippen LogP contribution in [0.4, 0.5) is 20.2 Å². The first kappa shape index (κ1) is 20.2. The van der Waals surface area contributed by atoms with E-state index in [0.29, 0.717) is 17.1 Å². The molecule has 2 rings (SSSR count). The number of nitrogens with one attached hydrogen (secondary N) is 2. The monoisotopic (exact) mass is 377 g/mol. The van der Waals surface area contributed by atoms with Crippen molar-refractivity contribution in [1.29, 1.82) is 0 Å². The van der Waals surface area contributed by atoms with Crippen molar-refractivity contribution in [2.24, 2.45) is 5.92 Å². The number of halogens is 2. The fourth-order valence-corrected chi connectivity index (χ4v) is 2.50. The number of carbonyl (C=O) groups excluding carboxylic acids is 2. The number of hydrogen-bond acceptors (Lipinski definition) is 4. The summed E-state index contributed by atoms with van der Waals surface area (Å²) in [5, 5.41) is 5.01. The Labute approximate surface area is 155 Å². The molecular formula is C19H21F2N3O3. The number of benzene rings is 2. The summed E-state index contributed by atoms with van der Waals surface area (Å²) in [6.07, 6.45) is 0. The van der Waals surface area contributed by atoms with E-state index in [0.717, 1.165) is 18.2 Å². The molecule has 144 valence electrons. The molecule has 0 radical (unpaired) electrons. The lowest BCUT2D eigenvalue weighted by Gasteiger charge is -2.22. The van der Waals surface area contributed by atoms with Gasteiger partial charge in [-0.1, -0.05) is 19.9 Å². The molecule has 4 N–H and O–H groups in total. The predicted octanol–water partition coefficient (Wildman–Crippen LogP) is 2.95. The van der Waals surface area contributed by atoms with Gasteiger partial charge in [0.2, 0.25) is 5.91 Å². The van der Waals surface area contributed by atoms with E-state index in [-0.39, 0.29) is 5.92 Å². The molecule has 0 spiro atoms. The first-order valence-corrected chi connectivity index (χ1v) is 8.23. The molecule has 0 saturated heterocycles. The van der Waals surface area contributed by atoms with Crippen LogP contribution in [0.25, 0.3) is 0 Å². The summed E-state index contributed by atoms with van der Waals surface area (Å²) in [5.74, 6) is -3.43. The number of amides is 2. The second-order valence-corrected chi connectivity index (χ2v) is 6.24. The number of nitrogen functional groups attached to an aromatic ring is 1. The molecule has 0 aromatic heterocycles. The number of ether oxygens (including phenoxy) is 1. The zero-order chi connectivity index (χ0) is 20.1. The lowest BCUT2D eigenvalue weighted by atomic mass is 10.0. The third-order valence-electron chi connectivity index (χ3n) is 3.92. The van der Waals surface area contributed by atoms with Crippen molar-refractivity contribution in [1.82, 2.24) is 5.32 Å². The van der Waals surface area contributed by atoms with E-state index in [4.69, 9.17) is 10.5 Å². The number of anilines is 2. The van der Waals surface area contributed by atoms with Gasteiger partial charge in [0.1, 0.15) is 29.0 Å². The third kappa shape index (κ3) is 4.72. The predicted molar refractivity (Wildman–Crippen MR) is 98.5 cm³/mol. The number of rotatable bonds is 6. The van der Waals surface area contributed by atoms with Crippen LogP contribution in [-0.4, -0.2) is 25.0 Å². The van der Waals surface area contributed by atoms with E-state index >= 15 is 0 Å². The van der Waals surface area contributed by atoms with E-state index in [1.165, 1.54) is 13.2 Å². The molecule has 0 bridgehead atoms. The Morgan fingerprint density at radius 1 is 1.11 bits per heavy atom. The van der Waals surface area contributed by atoms with Crippen LogP contribution in [0.5, 0.6) is 5.75 Å². The van der Waals surface area contributed by atoms with E-state index in [1.807, 2.05) is 0 Å². The van der Waals surface area contributed by atoms with Crippen LogP contribution in [0, 0.1) is 17.6 Å². The van der Waals surface area contributed by atoms with Gasteiger partial charge in [-0.3, -0.25) is 9.59 Å². The Hall–Kier alpha value is -3.16. The van der Waals surface area contributed by atoms with Gasteiger partial charge in [0.25, 0.3) is 5.91 Å². The highest BCUT2D eigenvalue weighted by atomic mass is 19.1. The summed E-state index contributed by atoms with van der Waals surface area (Å²) >= 11 is 0. The zero-order valence-electron chi connectivity index (χ0n) is 15.2. The van der Waals surface area contributed by atoms with E-state index < -0.39 is 35.1 Å². The molecule has 0 heterocycles. The van der Waals surface area contributed by atoms with Crippen LogP contribution < -0.4 is 21.1 Å². The summed E-state index contributed by atoms with van der Waals surface area (Å²) in [6.45, 7) is 3.40. The van der Waals surface area contributed by atoms with Gasteiger partial charge in [-0.2, -0.15) is 0 Å². The average Bonchev–Trinajstić information content (AvgIpc) is 2.59. The Bertz CT molecular complexity index is 836. The van der Waals surface area contributed by atoms with Gasteiger partial charge in [0, 0.05) is 5.69 Å². The summed E-state index contributed by atoms with van der Waals surface area (Å²) in [5.41, 5.74) is 5.80. The van der Waals surface area contributed by atoms with Crippen molar-refractivity contribution >= 4 is 23.2 Å². The number of nitrogens with two attached hydrogens (primary N) is 1. The molecule has 6 nitrogen and oxygen atoms in total. The SMILES string of the molecule is COc1ccc(NC(=O)C(NC(=O)c2c(F)cccc2F)C(C)C)cc1N. The molecule has 0 saturated carbocycles. The first-order valence-electron chi connectivity index (χ1n) is 8.23. The Balaban J connectivity index is 2.18. The Morgan fingerprint density at radius 2 is 1.74 bits per heavy atom. The molecule has 2 aromatic rings. The maximum atomic E-state index is 13.8. The van der Waals surface area contributed by atoms with Gasteiger partial charge in [-0.15, -0.1) is 0 Å². The van der Waals surface area contributed by atoms with Crippen LogP contribution in [0.2, 0.25) is 0 Å². The first-order chi connectivity index (χ1) is 12.7. The normalized spacial score (nSPS) is 11.8. The minimum atomic E-state index is -1.01. The highest BCUT2D eigenvalue weighted by Gasteiger charge is 2.27. The molecule has 0 aliphatic carbocycles. The van der Waals surface area contributed by atoms with Crippen molar-refractivity contribution in [2.45, 2.75) is 19.9 Å². The molecule has 0 fully saturated rings. The van der Waals surface area contributed by atoms with E-state index in [9.17, 15) is 18.4 Å². The Morgan fingerprint density at radius 3 is 2.26 bits per heavy atom. The van der Waals surface area contributed by atoms with Gasteiger partial charge >= 0.3 is 0 Å². The van der Waals surface area contributed by atoms with Crippen LogP contribution in [0.15, 0.2) is 36.4 Å². The number of hydrogen-bond donors (Lipinski definition) is 3. The molecule has 0 aliphatic rings. The molecule has 2 aromatic carbocycles. The lowest BCUT2D eigenvalue weighted by molar-refractivity contribution is -0.118. The second-order valence-electron chi connectivity index (χ2n) is 6.24. The summed E-state index contributed by atoms with van der Waals surface area (Å²) in [6, 6.07) is 6.77. The van der Waals surface area contributed by atoms with Gasteiger partial charge in [-0.25, -0.2) is 8.78 Å². The number of methoxy groups -OCH3 is 1. The van der Waals surface area contributed by atoms with Gasteiger partial charge in [0.05, 0.1) is 12.8 Å². The van der Waals surface area contributed by atoms with Crippen molar-refractivity contribution < 1.29 is 23.1 Å². The average molecular weight is 377 g/mol. The molecule has 0 aliphatic heterocycles. The second kappa shape index (κ2) is 8.48. The maximum absolute atomic E-state index is 13.8. The maximum Gasteiger partial charge on any atom is 0.257 e. The van der Waals surface area contributed by atoms with Crippen LogP contribution in [0.3, 0.4) is 0 Å². The summed E-state index contributed by atoms with van der Waals surface area (Å²) in [4.78, 5) is 24.9. The summed E-state index contributed by atoms with van der Waals surface area (Å²) in [7, 11) is 1.47. The highest BCUT2D eigenvalue weighted by Crippen LogP contribution is 2.25. The fourth-order valence-electron chi connectivity index (χ4n) is 2.50. The Kier molecular flexibility index (Phi) is 6.33. The fraction of sp³-hybridized carbons (Fsp3) is 0.263. The minimum Gasteiger partial charge on any atom is -0.495 e. The smallest absolute Gasteiger partial charge is 0.257 e. The van der Waals surface area contributed by atoms with Gasteiger partial charge < -0.3 is 21.1 Å². The van der Waals surface area contributed by atoms with Crippen molar-refractivity contribution in [3.63, 3.8) is 0 Å². The van der Waals surface area contributed by atoms with E-state index in [1.54, 1.807) is 26.0 Å². The highest BCUT2D eigenvalue weighted by molar-refractivity contribution is 6.01. The van der Waals surface area contributed by atoms with Gasteiger partial charge in [0.15, 0.2) is 0 Å².